The molecule has 0 aliphatic carbocycles. The molecule has 0 atom stereocenters. The van der Waals surface area contributed by atoms with E-state index >= 15 is 0 Å². The Kier molecular flexibility index (Phi) is 4.90. The molecule has 3 rings (SSSR count). The number of nitrogens with zero attached hydrogens (tertiary/aromatic N) is 2. The normalized spacial score (nSPS) is 10.6. The van der Waals surface area contributed by atoms with E-state index in [4.69, 9.17) is 4.74 Å². The SMILES string of the molecule is COc1cccc(-c2cc(C(=O)Nc3ccc(Br)cc3C)n(C)n2)c1. The molecule has 2 aromatic carbocycles. The maximum absolute atomic E-state index is 12.6. The average Bonchev–Trinajstić information content (AvgIpc) is 2.99. The monoisotopic (exact) mass is 399 g/mol. The first-order valence-electron chi connectivity index (χ1n) is 7.74. The van der Waals surface area contributed by atoms with Gasteiger partial charge in [-0.3, -0.25) is 9.48 Å². The first-order chi connectivity index (χ1) is 12.0. The van der Waals surface area contributed by atoms with Crippen molar-refractivity contribution in [3.8, 4) is 17.0 Å². The number of anilines is 1. The first-order valence-corrected chi connectivity index (χ1v) is 8.53. The minimum atomic E-state index is -0.199. The summed E-state index contributed by atoms with van der Waals surface area (Å²) >= 11 is 3.42. The molecule has 0 aliphatic rings. The van der Waals surface area contributed by atoms with Gasteiger partial charge in [0, 0.05) is 22.8 Å². The smallest absolute Gasteiger partial charge is 0.273 e. The summed E-state index contributed by atoms with van der Waals surface area (Å²) in [5, 5.41) is 7.38. The lowest BCUT2D eigenvalue weighted by Crippen LogP contribution is -2.16. The van der Waals surface area contributed by atoms with Crippen LogP contribution in [-0.4, -0.2) is 22.8 Å². The van der Waals surface area contributed by atoms with Gasteiger partial charge in [0.05, 0.1) is 12.8 Å². The molecule has 0 unspecified atom stereocenters. The highest BCUT2D eigenvalue weighted by molar-refractivity contribution is 9.10. The Hall–Kier alpha value is -2.60. The molecule has 25 heavy (non-hydrogen) atoms. The van der Waals surface area contributed by atoms with Crippen molar-refractivity contribution in [1.82, 2.24) is 9.78 Å². The molecule has 3 aromatic rings. The topological polar surface area (TPSA) is 56.1 Å². The van der Waals surface area contributed by atoms with Gasteiger partial charge in [-0.1, -0.05) is 28.1 Å². The molecule has 1 N–H and O–H groups in total. The van der Waals surface area contributed by atoms with Crippen LogP contribution in [0.2, 0.25) is 0 Å². The molecule has 0 spiro atoms. The number of methoxy groups -OCH3 is 1. The number of nitrogens with one attached hydrogen (secondary N) is 1. The van der Waals surface area contributed by atoms with Crippen LogP contribution in [0.25, 0.3) is 11.3 Å². The van der Waals surface area contributed by atoms with Crippen molar-refractivity contribution in [2.45, 2.75) is 6.92 Å². The predicted octanol–water partition coefficient (Wildman–Crippen LogP) is 4.42. The maximum Gasteiger partial charge on any atom is 0.273 e. The lowest BCUT2D eigenvalue weighted by atomic mass is 10.1. The largest absolute Gasteiger partial charge is 0.497 e. The van der Waals surface area contributed by atoms with Crippen LogP contribution in [-0.2, 0) is 7.05 Å². The van der Waals surface area contributed by atoms with E-state index in [0.717, 1.165) is 32.7 Å². The number of aryl methyl sites for hydroxylation is 2. The van der Waals surface area contributed by atoms with E-state index in [1.165, 1.54) is 0 Å². The fourth-order valence-electron chi connectivity index (χ4n) is 2.56. The lowest BCUT2D eigenvalue weighted by Gasteiger charge is -2.08. The van der Waals surface area contributed by atoms with Gasteiger partial charge in [0.25, 0.3) is 5.91 Å². The summed E-state index contributed by atoms with van der Waals surface area (Å²) in [5.74, 6) is 0.550. The summed E-state index contributed by atoms with van der Waals surface area (Å²) in [6.07, 6.45) is 0. The second-order valence-electron chi connectivity index (χ2n) is 5.68. The van der Waals surface area contributed by atoms with Gasteiger partial charge in [-0.2, -0.15) is 5.10 Å². The number of carbonyl (C=O) groups is 1. The Labute approximate surface area is 154 Å². The molecule has 6 heteroatoms. The molecule has 0 bridgehead atoms. The molecule has 0 fully saturated rings. The molecule has 0 saturated heterocycles. The number of halogens is 1. The van der Waals surface area contributed by atoms with Gasteiger partial charge in [0.1, 0.15) is 11.4 Å². The third-order valence-electron chi connectivity index (χ3n) is 3.91. The minimum absolute atomic E-state index is 0.199. The summed E-state index contributed by atoms with van der Waals surface area (Å²) in [6.45, 7) is 1.95. The van der Waals surface area contributed by atoms with Gasteiger partial charge in [-0.25, -0.2) is 0 Å². The number of hydrogen-bond acceptors (Lipinski definition) is 3. The van der Waals surface area contributed by atoms with Crippen LogP contribution in [0.3, 0.4) is 0 Å². The van der Waals surface area contributed by atoms with Crippen LogP contribution in [0.15, 0.2) is 53.0 Å². The zero-order chi connectivity index (χ0) is 18.0. The zero-order valence-electron chi connectivity index (χ0n) is 14.2. The number of rotatable bonds is 4. The number of ether oxygens (including phenoxy) is 1. The Bertz CT molecular complexity index is 934. The molecule has 128 valence electrons. The third-order valence-corrected chi connectivity index (χ3v) is 4.41. The molecule has 0 aliphatic heterocycles. The van der Waals surface area contributed by atoms with Crippen molar-refractivity contribution in [2.24, 2.45) is 7.05 Å². The van der Waals surface area contributed by atoms with E-state index in [1.54, 1.807) is 24.9 Å². The summed E-state index contributed by atoms with van der Waals surface area (Å²) in [5.41, 5.74) is 3.86. The fraction of sp³-hybridized carbons (Fsp3) is 0.158. The number of amides is 1. The highest BCUT2D eigenvalue weighted by atomic mass is 79.9. The molecular weight excluding hydrogens is 382 g/mol. The number of carbonyl (C=O) groups excluding carboxylic acids is 1. The number of aromatic nitrogens is 2. The summed E-state index contributed by atoms with van der Waals surface area (Å²) < 4.78 is 7.80. The molecular formula is C19H18BrN3O2. The van der Waals surface area contributed by atoms with Crippen molar-refractivity contribution in [3.05, 3.63) is 64.3 Å². The van der Waals surface area contributed by atoms with E-state index in [1.807, 2.05) is 49.4 Å². The van der Waals surface area contributed by atoms with E-state index in [9.17, 15) is 4.79 Å². The first kappa shape index (κ1) is 17.2. The van der Waals surface area contributed by atoms with Crippen molar-refractivity contribution < 1.29 is 9.53 Å². The van der Waals surface area contributed by atoms with E-state index in [-0.39, 0.29) is 5.91 Å². The highest BCUT2D eigenvalue weighted by Gasteiger charge is 2.15. The van der Waals surface area contributed by atoms with Crippen molar-refractivity contribution in [3.63, 3.8) is 0 Å². The Morgan fingerprint density at radius 3 is 2.72 bits per heavy atom. The van der Waals surface area contributed by atoms with Crippen LogP contribution in [0, 0.1) is 6.92 Å². The van der Waals surface area contributed by atoms with Crippen LogP contribution < -0.4 is 10.1 Å². The Morgan fingerprint density at radius 1 is 1.20 bits per heavy atom. The zero-order valence-corrected chi connectivity index (χ0v) is 15.8. The van der Waals surface area contributed by atoms with Crippen LogP contribution in [0.5, 0.6) is 5.75 Å². The fourth-order valence-corrected chi connectivity index (χ4v) is 3.03. The van der Waals surface area contributed by atoms with E-state index < -0.39 is 0 Å². The van der Waals surface area contributed by atoms with Gasteiger partial charge >= 0.3 is 0 Å². The van der Waals surface area contributed by atoms with Crippen LogP contribution in [0.4, 0.5) is 5.69 Å². The Morgan fingerprint density at radius 2 is 2.00 bits per heavy atom. The second-order valence-corrected chi connectivity index (χ2v) is 6.60. The van der Waals surface area contributed by atoms with Crippen molar-refractivity contribution in [1.29, 1.82) is 0 Å². The Balaban J connectivity index is 1.87. The molecule has 5 nitrogen and oxygen atoms in total. The van der Waals surface area contributed by atoms with Crippen molar-refractivity contribution >= 4 is 27.5 Å². The molecule has 1 amide bonds. The predicted molar refractivity (Wildman–Crippen MR) is 102 cm³/mol. The van der Waals surface area contributed by atoms with Gasteiger partial charge in [0.2, 0.25) is 0 Å². The third kappa shape index (κ3) is 3.74. The van der Waals surface area contributed by atoms with Crippen LogP contribution in [0.1, 0.15) is 16.1 Å². The summed E-state index contributed by atoms with van der Waals surface area (Å²) in [6, 6.07) is 15.1. The molecule has 1 aromatic heterocycles. The van der Waals surface area contributed by atoms with Crippen molar-refractivity contribution in [2.75, 3.05) is 12.4 Å². The number of hydrogen-bond donors (Lipinski definition) is 1. The van der Waals surface area contributed by atoms with Gasteiger partial charge in [-0.05, 0) is 48.9 Å². The molecule has 1 heterocycles. The highest BCUT2D eigenvalue weighted by Crippen LogP contribution is 2.24. The van der Waals surface area contributed by atoms with Gasteiger partial charge in [0.15, 0.2) is 0 Å². The molecule has 0 saturated carbocycles. The van der Waals surface area contributed by atoms with Gasteiger partial charge < -0.3 is 10.1 Å². The second kappa shape index (κ2) is 7.11. The van der Waals surface area contributed by atoms with Crippen LogP contribution >= 0.6 is 15.9 Å². The summed E-state index contributed by atoms with van der Waals surface area (Å²) in [4.78, 5) is 12.6. The number of benzene rings is 2. The standard InChI is InChI=1S/C19H18BrN3O2/c1-12-9-14(20)7-8-16(12)21-19(24)18-11-17(22-23(18)2)13-5-4-6-15(10-13)25-3/h4-11H,1-3H3,(H,21,24). The summed E-state index contributed by atoms with van der Waals surface area (Å²) in [7, 11) is 3.38. The quantitative estimate of drug-likeness (QED) is 0.706. The lowest BCUT2D eigenvalue weighted by molar-refractivity contribution is 0.101. The average molecular weight is 400 g/mol. The van der Waals surface area contributed by atoms with Gasteiger partial charge in [-0.15, -0.1) is 0 Å². The maximum atomic E-state index is 12.6. The molecule has 0 radical (unpaired) electrons. The minimum Gasteiger partial charge on any atom is -0.497 e. The van der Waals surface area contributed by atoms with E-state index in [0.29, 0.717) is 5.69 Å². The van der Waals surface area contributed by atoms with E-state index in [2.05, 4.69) is 26.3 Å².